The van der Waals surface area contributed by atoms with Gasteiger partial charge < -0.3 is 0 Å². The minimum Gasteiger partial charge on any atom is -0.284 e. The van der Waals surface area contributed by atoms with E-state index >= 15 is 0 Å². The van der Waals surface area contributed by atoms with Crippen LogP contribution in [0.3, 0.4) is 0 Å². The molecule has 0 aliphatic carbocycles. The lowest BCUT2D eigenvalue weighted by atomic mass is 10.3. The van der Waals surface area contributed by atoms with Crippen LogP contribution in [-0.2, 0) is 0 Å². The van der Waals surface area contributed by atoms with Crippen molar-refractivity contribution < 1.29 is 0 Å². The third-order valence-electron chi connectivity index (χ3n) is 2.17. The number of benzene rings is 2. The predicted octanol–water partition coefficient (Wildman–Crippen LogP) is 5.63. The van der Waals surface area contributed by atoms with Crippen LogP contribution in [0.2, 0.25) is 15.1 Å². The van der Waals surface area contributed by atoms with Crippen molar-refractivity contribution in [3.05, 3.63) is 57.5 Å². The molecule has 0 fully saturated rings. The molecule has 0 saturated heterocycles. The molecule has 0 atom stereocenters. The Morgan fingerprint density at radius 1 is 0.889 bits per heavy atom. The van der Waals surface area contributed by atoms with Crippen molar-refractivity contribution >= 4 is 58.0 Å². The highest BCUT2D eigenvalue weighted by molar-refractivity contribution is 6.38. The molecule has 0 radical (unpaired) electrons. The van der Waals surface area contributed by atoms with Crippen LogP contribution in [-0.4, -0.2) is 0 Å². The SMILES string of the molecule is Clc1cccc(NN(Cl)c2cc(Cl)ccc2Cl)c1. The summed E-state index contributed by atoms with van der Waals surface area (Å²) in [7, 11) is 0. The van der Waals surface area contributed by atoms with E-state index in [1.165, 1.54) is 4.53 Å². The number of halogens is 4. The van der Waals surface area contributed by atoms with Crippen LogP contribution in [0, 0.1) is 0 Å². The van der Waals surface area contributed by atoms with Crippen LogP contribution < -0.4 is 9.95 Å². The molecular weight excluding hydrogens is 314 g/mol. The molecule has 0 aliphatic rings. The lowest BCUT2D eigenvalue weighted by molar-refractivity contribution is 1.27. The second-order valence-electron chi connectivity index (χ2n) is 3.50. The van der Waals surface area contributed by atoms with Crippen LogP contribution in [0.5, 0.6) is 0 Å². The third kappa shape index (κ3) is 3.36. The Balaban J connectivity index is 2.21. The van der Waals surface area contributed by atoms with Gasteiger partial charge in [0.2, 0.25) is 0 Å². The topological polar surface area (TPSA) is 15.3 Å². The van der Waals surface area contributed by atoms with Crippen molar-refractivity contribution in [2.24, 2.45) is 0 Å². The molecule has 0 saturated carbocycles. The van der Waals surface area contributed by atoms with Crippen molar-refractivity contribution in [2.45, 2.75) is 0 Å². The minimum atomic E-state index is 0.490. The highest BCUT2D eigenvalue weighted by Gasteiger charge is 2.09. The Morgan fingerprint density at radius 3 is 2.33 bits per heavy atom. The van der Waals surface area contributed by atoms with E-state index in [1.807, 2.05) is 12.1 Å². The van der Waals surface area contributed by atoms with Crippen molar-refractivity contribution in [1.82, 2.24) is 0 Å². The molecule has 0 aromatic heterocycles. The van der Waals surface area contributed by atoms with Crippen molar-refractivity contribution in [1.29, 1.82) is 0 Å². The molecule has 1 N–H and O–H groups in total. The van der Waals surface area contributed by atoms with Gasteiger partial charge in [-0.1, -0.05) is 40.9 Å². The first kappa shape index (κ1) is 13.6. The Hall–Kier alpha value is -0.800. The average molecular weight is 322 g/mol. The van der Waals surface area contributed by atoms with Crippen molar-refractivity contribution in [3.8, 4) is 0 Å². The fourth-order valence-electron chi connectivity index (χ4n) is 1.37. The van der Waals surface area contributed by atoms with Crippen LogP contribution in [0.1, 0.15) is 0 Å². The van der Waals surface area contributed by atoms with E-state index in [9.17, 15) is 0 Å². The van der Waals surface area contributed by atoms with Crippen LogP contribution >= 0.6 is 46.6 Å². The fourth-order valence-corrected chi connectivity index (χ4v) is 2.21. The lowest BCUT2D eigenvalue weighted by Crippen LogP contribution is -2.18. The molecule has 0 aliphatic heterocycles. The monoisotopic (exact) mass is 320 g/mol. The largest absolute Gasteiger partial charge is 0.284 e. The first-order valence-corrected chi connectivity index (χ1v) is 6.46. The van der Waals surface area contributed by atoms with Gasteiger partial charge in [0.05, 0.1) is 16.4 Å². The highest BCUT2D eigenvalue weighted by Crippen LogP contribution is 2.30. The van der Waals surface area contributed by atoms with E-state index in [4.69, 9.17) is 46.6 Å². The maximum Gasteiger partial charge on any atom is 0.0961 e. The molecule has 0 spiro atoms. The molecule has 2 rings (SSSR count). The van der Waals surface area contributed by atoms with Gasteiger partial charge in [-0.25, -0.2) is 0 Å². The highest BCUT2D eigenvalue weighted by atomic mass is 35.5. The van der Waals surface area contributed by atoms with Crippen LogP contribution in [0.4, 0.5) is 11.4 Å². The Kier molecular flexibility index (Phi) is 4.46. The number of hydrogen-bond donors (Lipinski definition) is 1. The standard InChI is InChI=1S/C12H8Cl4N2/c13-8-2-1-3-10(6-8)17-18(16)12-7-9(14)4-5-11(12)15/h1-7,17H. The third-order valence-corrected chi connectivity index (χ3v) is 3.23. The molecule has 0 amide bonds. The van der Waals surface area contributed by atoms with Crippen LogP contribution in [0.15, 0.2) is 42.5 Å². The first-order valence-electron chi connectivity index (χ1n) is 4.99. The minimum absolute atomic E-state index is 0.490. The quantitative estimate of drug-likeness (QED) is 0.581. The zero-order valence-corrected chi connectivity index (χ0v) is 12.0. The normalized spacial score (nSPS) is 10.2. The molecule has 2 aromatic rings. The molecule has 0 bridgehead atoms. The van der Waals surface area contributed by atoms with Gasteiger partial charge in [-0.15, -0.1) is 0 Å². The van der Waals surface area contributed by atoms with Crippen molar-refractivity contribution in [3.63, 3.8) is 0 Å². The number of nitrogens with zero attached hydrogens (tertiary/aromatic N) is 1. The molecule has 6 heteroatoms. The summed E-state index contributed by atoms with van der Waals surface area (Å²) >= 11 is 23.9. The second kappa shape index (κ2) is 5.89. The smallest absolute Gasteiger partial charge is 0.0961 e. The zero-order valence-electron chi connectivity index (χ0n) is 9.00. The number of rotatable bonds is 3. The molecule has 2 aromatic carbocycles. The zero-order chi connectivity index (χ0) is 13.1. The van der Waals surface area contributed by atoms with E-state index in [-0.39, 0.29) is 0 Å². The Morgan fingerprint density at radius 2 is 1.61 bits per heavy atom. The first-order chi connectivity index (χ1) is 8.56. The summed E-state index contributed by atoms with van der Waals surface area (Å²) in [5.74, 6) is 0. The van der Waals surface area contributed by atoms with E-state index in [2.05, 4.69) is 5.43 Å². The molecule has 2 nitrogen and oxygen atoms in total. The van der Waals surface area contributed by atoms with E-state index in [1.54, 1.807) is 30.3 Å². The van der Waals surface area contributed by atoms with Gasteiger partial charge in [0.1, 0.15) is 0 Å². The van der Waals surface area contributed by atoms with E-state index in [0.717, 1.165) is 5.69 Å². The van der Waals surface area contributed by atoms with Crippen molar-refractivity contribution in [2.75, 3.05) is 9.95 Å². The fraction of sp³-hybridized carbons (Fsp3) is 0. The second-order valence-corrected chi connectivity index (χ2v) is 5.12. The van der Waals surface area contributed by atoms with Gasteiger partial charge in [0.25, 0.3) is 0 Å². The molecule has 0 unspecified atom stereocenters. The summed E-state index contributed by atoms with van der Waals surface area (Å²) < 4.78 is 1.26. The van der Waals surface area contributed by atoms with Gasteiger partial charge in [0, 0.05) is 21.8 Å². The van der Waals surface area contributed by atoms with E-state index in [0.29, 0.717) is 20.8 Å². The van der Waals surface area contributed by atoms with Gasteiger partial charge >= 0.3 is 0 Å². The molecular formula is C12H8Cl4N2. The van der Waals surface area contributed by atoms with Gasteiger partial charge in [-0.05, 0) is 36.4 Å². The van der Waals surface area contributed by atoms with E-state index < -0.39 is 0 Å². The number of anilines is 2. The summed E-state index contributed by atoms with van der Waals surface area (Å²) in [6.45, 7) is 0. The summed E-state index contributed by atoms with van der Waals surface area (Å²) in [5.41, 5.74) is 4.24. The molecule has 18 heavy (non-hydrogen) atoms. The van der Waals surface area contributed by atoms with Crippen LogP contribution in [0.25, 0.3) is 0 Å². The maximum absolute atomic E-state index is 6.11. The maximum atomic E-state index is 6.11. The summed E-state index contributed by atoms with van der Waals surface area (Å²) in [6.07, 6.45) is 0. The summed E-state index contributed by atoms with van der Waals surface area (Å²) in [4.78, 5) is 0. The molecule has 0 heterocycles. The Bertz CT molecular complexity index is 560. The van der Waals surface area contributed by atoms with Gasteiger partial charge in [0.15, 0.2) is 0 Å². The lowest BCUT2D eigenvalue weighted by Gasteiger charge is -2.19. The van der Waals surface area contributed by atoms with Gasteiger partial charge in [-0.2, -0.15) is 4.53 Å². The number of nitrogens with one attached hydrogen (secondary N) is 1. The Labute approximate surface area is 125 Å². The number of hydrazine groups is 1. The predicted molar refractivity (Wildman–Crippen MR) is 79.9 cm³/mol. The van der Waals surface area contributed by atoms with Gasteiger partial charge in [-0.3, -0.25) is 5.43 Å². The summed E-state index contributed by atoms with van der Waals surface area (Å²) in [6, 6.07) is 12.2. The summed E-state index contributed by atoms with van der Waals surface area (Å²) in [5, 5.41) is 1.65. The number of hydrogen-bond acceptors (Lipinski definition) is 2. The molecule has 94 valence electrons. The average Bonchev–Trinajstić information content (AvgIpc) is 2.32.